The molecule has 0 bridgehead atoms. The molecule has 112 valence electrons. The number of nitrogens with zero attached hydrogens (tertiary/aromatic N) is 1. The van der Waals surface area contributed by atoms with E-state index in [0.29, 0.717) is 5.92 Å². The summed E-state index contributed by atoms with van der Waals surface area (Å²) in [5.74, 6) is 1.40. The molecule has 2 rings (SSSR count). The third kappa shape index (κ3) is 3.49. The van der Waals surface area contributed by atoms with Crippen LogP contribution in [0.1, 0.15) is 31.9 Å². The summed E-state index contributed by atoms with van der Waals surface area (Å²) < 4.78 is 18.6. The monoisotopic (exact) mass is 280 g/mol. The zero-order valence-electron chi connectivity index (χ0n) is 12.6. The summed E-state index contributed by atoms with van der Waals surface area (Å²) in [6, 6.07) is 4.82. The third-order valence-corrected chi connectivity index (χ3v) is 4.48. The van der Waals surface area contributed by atoms with Crippen molar-refractivity contribution in [1.82, 2.24) is 4.90 Å². The molecule has 3 unspecified atom stereocenters. The SMILES string of the molecule is COc1ccc(C(N)CN2CCC(C)C(C)C2)cc1F. The molecule has 2 N–H and O–H groups in total. The van der Waals surface area contributed by atoms with E-state index < -0.39 is 0 Å². The van der Waals surface area contributed by atoms with Crippen molar-refractivity contribution in [2.24, 2.45) is 17.6 Å². The molecule has 1 heterocycles. The summed E-state index contributed by atoms with van der Waals surface area (Å²) in [6.45, 7) is 7.53. The Morgan fingerprint density at radius 2 is 2.15 bits per heavy atom. The number of piperidine rings is 1. The fourth-order valence-electron chi connectivity index (χ4n) is 2.81. The van der Waals surface area contributed by atoms with E-state index in [4.69, 9.17) is 10.5 Å². The number of hydrogen-bond acceptors (Lipinski definition) is 3. The van der Waals surface area contributed by atoms with Gasteiger partial charge in [0.25, 0.3) is 0 Å². The molecule has 0 amide bonds. The highest BCUT2D eigenvalue weighted by atomic mass is 19.1. The number of rotatable bonds is 4. The van der Waals surface area contributed by atoms with Crippen molar-refractivity contribution >= 4 is 0 Å². The summed E-state index contributed by atoms with van der Waals surface area (Å²) in [6.07, 6.45) is 1.21. The number of benzene rings is 1. The normalized spacial score (nSPS) is 25.4. The zero-order valence-corrected chi connectivity index (χ0v) is 12.6. The molecule has 0 aromatic heterocycles. The van der Waals surface area contributed by atoms with Gasteiger partial charge in [-0.3, -0.25) is 0 Å². The number of nitrogens with two attached hydrogens (primary N) is 1. The lowest BCUT2D eigenvalue weighted by Gasteiger charge is -2.36. The Bertz CT molecular complexity index is 452. The van der Waals surface area contributed by atoms with Crippen LogP contribution in [-0.2, 0) is 0 Å². The number of likely N-dealkylation sites (tertiary alicyclic amines) is 1. The Kier molecular flexibility index (Phi) is 5.00. The average Bonchev–Trinajstić information content (AvgIpc) is 2.42. The largest absolute Gasteiger partial charge is 0.494 e. The van der Waals surface area contributed by atoms with E-state index in [1.54, 1.807) is 6.07 Å². The van der Waals surface area contributed by atoms with Crippen molar-refractivity contribution in [3.63, 3.8) is 0 Å². The Labute approximate surface area is 120 Å². The highest BCUT2D eigenvalue weighted by Gasteiger charge is 2.24. The van der Waals surface area contributed by atoms with Gasteiger partial charge in [-0.1, -0.05) is 19.9 Å². The Hall–Kier alpha value is -1.13. The number of methoxy groups -OCH3 is 1. The highest BCUT2D eigenvalue weighted by molar-refractivity contribution is 5.31. The van der Waals surface area contributed by atoms with Gasteiger partial charge in [-0.15, -0.1) is 0 Å². The quantitative estimate of drug-likeness (QED) is 0.921. The van der Waals surface area contributed by atoms with E-state index >= 15 is 0 Å². The smallest absolute Gasteiger partial charge is 0.165 e. The van der Waals surface area contributed by atoms with E-state index in [1.165, 1.54) is 19.6 Å². The van der Waals surface area contributed by atoms with Crippen LogP contribution >= 0.6 is 0 Å². The molecule has 1 aromatic carbocycles. The average molecular weight is 280 g/mol. The molecule has 3 atom stereocenters. The van der Waals surface area contributed by atoms with Crippen LogP contribution in [0.5, 0.6) is 5.75 Å². The molecule has 20 heavy (non-hydrogen) atoms. The first kappa shape index (κ1) is 15.3. The molecule has 1 fully saturated rings. The maximum atomic E-state index is 13.7. The molecular formula is C16H25FN2O. The van der Waals surface area contributed by atoms with Crippen molar-refractivity contribution in [1.29, 1.82) is 0 Å². The lowest BCUT2D eigenvalue weighted by Crippen LogP contribution is -2.41. The standard InChI is InChI=1S/C16H25FN2O/c1-11-6-7-19(9-12(11)2)10-15(18)13-4-5-16(20-3)14(17)8-13/h4-5,8,11-12,15H,6-7,9-10,18H2,1-3H3. The minimum absolute atomic E-state index is 0.156. The molecule has 1 aliphatic heterocycles. The number of halogens is 1. The first-order chi connectivity index (χ1) is 9.51. The Morgan fingerprint density at radius 3 is 2.75 bits per heavy atom. The van der Waals surface area contributed by atoms with Crippen LogP contribution in [0.3, 0.4) is 0 Å². The van der Waals surface area contributed by atoms with E-state index in [1.807, 2.05) is 6.07 Å². The van der Waals surface area contributed by atoms with E-state index in [-0.39, 0.29) is 17.6 Å². The van der Waals surface area contributed by atoms with Crippen LogP contribution in [0.2, 0.25) is 0 Å². The molecule has 0 spiro atoms. The molecule has 4 heteroatoms. The summed E-state index contributed by atoms with van der Waals surface area (Å²) >= 11 is 0. The van der Waals surface area contributed by atoms with E-state index in [2.05, 4.69) is 18.7 Å². The highest BCUT2D eigenvalue weighted by Crippen LogP contribution is 2.25. The predicted molar refractivity (Wildman–Crippen MR) is 79.3 cm³/mol. The lowest BCUT2D eigenvalue weighted by atomic mass is 9.88. The molecule has 1 saturated heterocycles. The van der Waals surface area contributed by atoms with E-state index in [9.17, 15) is 4.39 Å². The van der Waals surface area contributed by atoms with Gasteiger partial charge in [0.1, 0.15) is 0 Å². The third-order valence-electron chi connectivity index (χ3n) is 4.48. The summed E-state index contributed by atoms with van der Waals surface area (Å²) in [5.41, 5.74) is 7.05. The maximum Gasteiger partial charge on any atom is 0.165 e. The van der Waals surface area contributed by atoms with Gasteiger partial charge in [-0.25, -0.2) is 4.39 Å². The predicted octanol–water partition coefficient (Wildman–Crippen LogP) is 2.81. The molecule has 1 aliphatic rings. The lowest BCUT2D eigenvalue weighted by molar-refractivity contribution is 0.132. The molecule has 0 aliphatic carbocycles. The first-order valence-electron chi connectivity index (χ1n) is 7.32. The van der Waals surface area contributed by atoms with Crippen LogP contribution in [0, 0.1) is 17.7 Å². The molecule has 1 aromatic rings. The minimum atomic E-state index is -0.346. The molecular weight excluding hydrogens is 255 g/mol. The second kappa shape index (κ2) is 6.55. The number of hydrogen-bond donors (Lipinski definition) is 1. The summed E-state index contributed by atoms with van der Waals surface area (Å²) in [7, 11) is 1.47. The number of ether oxygens (including phenoxy) is 1. The minimum Gasteiger partial charge on any atom is -0.494 e. The van der Waals surface area contributed by atoms with Gasteiger partial charge in [0, 0.05) is 19.1 Å². The summed E-state index contributed by atoms with van der Waals surface area (Å²) in [4.78, 5) is 2.39. The first-order valence-corrected chi connectivity index (χ1v) is 7.32. The van der Waals surface area contributed by atoms with Gasteiger partial charge in [-0.05, 0) is 42.5 Å². The van der Waals surface area contributed by atoms with Gasteiger partial charge in [0.05, 0.1) is 7.11 Å². The van der Waals surface area contributed by atoms with Crippen LogP contribution < -0.4 is 10.5 Å². The van der Waals surface area contributed by atoms with Crippen LogP contribution in [0.4, 0.5) is 4.39 Å². The van der Waals surface area contributed by atoms with Crippen LogP contribution in [0.25, 0.3) is 0 Å². The fourth-order valence-corrected chi connectivity index (χ4v) is 2.81. The molecule has 0 radical (unpaired) electrons. The van der Waals surface area contributed by atoms with Crippen LogP contribution in [0.15, 0.2) is 18.2 Å². The maximum absolute atomic E-state index is 13.7. The second-order valence-corrected chi connectivity index (χ2v) is 6.00. The van der Waals surface area contributed by atoms with Gasteiger partial charge in [0.2, 0.25) is 0 Å². The molecule has 3 nitrogen and oxygen atoms in total. The molecule has 0 saturated carbocycles. The van der Waals surface area contributed by atoms with Crippen molar-refractivity contribution in [3.8, 4) is 5.75 Å². The Morgan fingerprint density at radius 1 is 1.40 bits per heavy atom. The van der Waals surface area contributed by atoms with Gasteiger partial charge >= 0.3 is 0 Å². The van der Waals surface area contributed by atoms with Crippen molar-refractivity contribution in [2.75, 3.05) is 26.7 Å². The van der Waals surface area contributed by atoms with Gasteiger partial charge in [-0.2, -0.15) is 0 Å². The van der Waals surface area contributed by atoms with Crippen molar-refractivity contribution < 1.29 is 9.13 Å². The van der Waals surface area contributed by atoms with Gasteiger partial charge < -0.3 is 15.4 Å². The van der Waals surface area contributed by atoms with E-state index in [0.717, 1.165) is 31.1 Å². The second-order valence-electron chi connectivity index (χ2n) is 6.00. The fraction of sp³-hybridized carbons (Fsp3) is 0.625. The summed E-state index contributed by atoms with van der Waals surface area (Å²) in [5, 5.41) is 0. The van der Waals surface area contributed by atoms with Crippen LogP contribution in [-0.4, -0.2) is 31.6 Å². The van der Waals surface area contributed by atoms with Gasteiger partial charge in [0.15, 0.2) is 11.6 Å². The topological polar surface area (TPSA) is 38.5 Å². The zero-order chi connectivity index (χ0) is 14.7. The van der Waals surface area contributed by atoms with Crippen molar-refractivity contribution in [3.05, 3.63) is 29.6 Å². The Balaban J connectivity index is 1.98. The van der Waals surface area contributed by atoms with Crippen molar-refractivity contribution in [2.45, 2.75) is 26.3 Å².